The number of carbonyl (C=O) groups excluding carboxylic acids is 1. The maximum absolute atomic E-state index is 11.7. The lowest BCUT2D eigenvalue weighted by Crippen LogP contribution is -2.42. The summed E-state index contributed by atoms with van der Waals surface area (Å²) < 4.78 is 0. The monoisotopic (exact) mass is 422 g/mol. The first-order chi connectivity index (χ1) is 15.0. The summed E-state index contributed by atoms with van der Waals surface area (Å²) in [6.45, 7) is 5.05. The summed E-state index contributed by atoms with van der Waals surface area (Å²) >= 11 is 0. The molecule has 3 rings (SSSR count). The third kappa shape index (κ3) is 5.96. The number of nitrogens with zero attached hydrogens (tertiary/aromatic N) is 4. The Kier molecular flexibility index (Phi) is 7.87. The van der Waals surface area contributed by atoms with Gasteiger partial charge in [-0.1, -0.05) is 37.3 Å². The van der Waals surface area contributed by atoms with Crippen molar-refractivity contribution in [3.8, 4) is 0 Å². The van der Waals surface area contributed by atoms with E-state index < -0.39 is 0 Å². The molecule has 0 saturated carbocycles. The highest BCUT2D eigenvalue weighted by Crippen LogP contribution is 2.24. The number of amides is 1. The third-order valence-electron chi connectivity index (χ3n) is 5.85. The van der Waals surface area contributed by atoms with E-state index in [0.717, 1.165) is 49.7 Å². The van der Waals surface area contributed by atoms with Gasteiger partial charge in [-0.2, -0.15) is 0 Å². The molecule has 0 aliphatic carbocycles. The Morgan fingerprint density at radius 2 is 2.03 bits per heavy atom. The SMILES string of the molecule is CCc1ccc(CN(C)C(=NC)NCc2cccnc2N2CCCC(C(N)=O)C2)cc1. The zero-order chi connectivity index (χ0) is 22.2. The maximum atomic E-state index is 11.7. The van der Waals surface area contributed by atoms with Crippen LogP contribution in [0.2, 0.25) is 0 Å². The number of nitrogens with one attached hydrogen (secondary N) is 1. The van der Waals surface area contributed by atoms with Crippen molar-refractivity contribution in [3.05, 3.63) is 59.3 Å². The van der Waals surface area contributed by atoms with Crippen LogP contribution in [0.5, 0.6) is 0 Å². The summed E-state index contributed by atoms with van der Waals surface area (Å²) in [5, 5.41) is 3.46. The molecule has 1 unspecified atom stereocenters. The number of guanidine groups is 1. The lowest BCUT2D eigenvalue weighted by molar-refractivity contribution is -0.122. The highest BCUT2D eigenvalue weighted by Gasteiger charge is 2.26. The number of anilines is 1. The van der Waals surface area contributed by atoms with Crippen molar-refractivity contribution in [2.75, 3.05) is 32.1 Å². The molecular formula is C24H34N6O. The molecule has 1 atom stereocenters. The minimum atomic E-state index is -0.227. The first-order valence-electron chi connectivity index (χ1n) is 11.0. The molecule has 166 valence electrons. The quantitative estimate of drug-likeness (QED) is 0.529. The second-order valence-electron chi connectivity index (χ2n) is 8.10. The summed E-state index contributed by atoms with van der Waals surface area (Å²) in [5.74, 6) is 1.39. The first-order valence-corrected chi connectivity index (χ1v) is 11.0. The normalized spacial score (nSPS) is 16.8. The average molecular weight is 423 g/mol. The minimum absolute atomic E-state index is 0.116. The Labute approximate surface area is 185 Å². The smallest absolute Gasteiger partial charge is 0.222 e. The predicted molar refractivity (Wildman–Crippen MR) is 126 cm³/mol. The summed E-state index contributed by atoms with van der Waals surface area (Å²) in [6.07, 6.45) is 4.64. The van der Waals surface area contributed by atoms with Gasteiger partial charge < -0.3 is 20.9 Å². The molecule has 1 aliphatic heterocycles. The number of aromatic nitrogens is 1. The third-order valence-corrected chi connectivity index (χ3v) is 5.85. The lowest BCUT2D eigenvalue weighted by atomic mass is 9.97. The average Bonchev–Trinajstić information content (AvgIpc) is 2.80. The van der Waals surface area contributed by atoms with Gasteiger partial charge >= 0.3 is 0 Å². The van der Waals surface area contributed by atoms with Crippen LogP contribution in [-0.2, 0) is 24.3 Å². The van der Waals surface area contributed by atoms with Gasteiger partial charge in [0.15, 0.2) is 5.96 Å². The van der Waals surface area contributed by atoms with Crippen LogP contribution in [0, 0.1) is 5.92 Å². The number of nitrogens with two attached hydrogens (primary N) is 1. The van der Waals surface area contributed by atoms with Crippen molar-refractivity contribution in [1.82, 2.24) is 15.2 Å². The van der Waals surface area contributed by atoms with E-state index in [0.29, 0.717) is 13.1 Å². The molecule has 1 aromatic heterocycles. The highest BCUT2D eigenvalue weighted by atomic mass is 16.1. The molecule has 1 aromatic carbocycles. The molecule has 2 aromatic rings. The molecule has 1 fully saturated rings. The Hall–Kier alpha value is -3.09. The van der Waals surface area contributed by atoms with Crippen LogP contribution in [0.3, 0.4) is 0 Å². The molecule has 31 heavy (non-hydrogen) atoms. The van der Waals surface area contributed by atoms with E-state index in [-0.39, 0.29) is 11.8 Å². The minimum Gasteiger partial charge on any atom is -0.369 e. The van der Waals surface area contributed by atoms with E-state index in [1.807, 2.05) is 13.1 Å². The van der Waals surface area contributed by atoms with Crippen LogP contribution >= 0.6 is 0 Å². The lowest BCUT2D eigenvalue weighted by Gasteiger charge is -2.33. The van der Waals surface area contributed by atoms with E-state index in [9.17, 15) is 4.79 Å². The molecule has 1 saturated heterocycles. The van der Waals surface area contributed by atoms with Gasteiger partial charge in [-0.15, -0.1) is 0 Å². The van der Waals surface area contributed by atoms with Crippen molar-refractivity contribution in [2.24, 2.45) is 16.6 Å². The number of aliphatic imine (C=N–C) groups is 1. The Morgan fingerprint density at radius 3 is 2.71 bits per heavy atom. The van der Waals surface area contributed by atoms with Crippen molar-refractivity contribution in [1.29, 1.82) is 0 Å². The van der Waals surface area contributed by atoms with Crippen LogP contribution in [0.4, 0.5) is 5.82 Å². The fourth-order valence-electron chi connectivity index (χ4n) is 4.04. The number of primary amides is 1. The molecule has 7 heteroatoms. The number of benzene rings is 1. The number of hydrogen-bond acceptors (Lipinski definition) is 4. The van der Waals surface area contributed by atoms with E-state index in [1.165, 1.54) is 11.1 Å². The molecule has 0 bridgehead atoms. The second-order valence-corrected chi connectivity index (χ2v) is 8.10. The number of carbonyl (C=O) groups is 1. The molecule has 3 N–H and O–H groups in total. The predicted octanol–water partition coefficient (Wildman–Crippen LogP) is 2.55. The zero-order valence-corrected chi connectivity index (χ0v) is 18.8. The van der Waals surface area contributed by atoms with Crippen molar-refractivity contribution in [3.63, 3.8) is 0 Å². The van der Waals surface area contributed by atoms with Crippen molar-refractivity contribution < 1.29 is 4.79 Å². The summed E-state index contributed by atoms with van der Waals surface area (Å²) in [5.41, 5.74) is 9.22. The number of hydrogen-bond donors (Lipinski definition) is 2. The molecule has 7 nitrogen and oxygen atoms in total. The Balaban J connectivity index is 1.64. The highest BCUT2D eigenvalue weighted by molar-refractivity contribution is 5.80. The summed E-state index contributed by atoms with van der Waals surface area (Å²) in [4.78, 5) is 25.0. The second kappa shape index (κ2) is 10.8. The number of pyridine rings is 1. The fourth-order valence-corrected chi connectivity index (χ4v) is 4.04. The molecule has 0 spiro atoms. The van der Waals surface area contributed by atoms with Gasteiger partial charge in [-0.25, -0.2) is 4.98 Å². The van der Waals surface area contributed by atoms with Crippen LogP contribution in [-0.4, -0.2) is 48.9 Å². The van der Waals surface area contributed by atoms with Crippen LogP contribution in [0.25, 0.3) is 0 Å². The largest absolute Gasteiger partial charge is 0.369 e. The Bertz CT molecular complexity index is 895. The maximum Gasteiger partial charge on any atom is 0.222 e. The van der Waals surface area contributed by atoms with E-state index in [1.54, 1.807) is 13.2 Å². The van der Waals surface area contributed by atoms with Gasteiger partial charge in [-0.05, 0) is 36.5 Å². The molecule has 0 radical (unpaired) electrons. The summed E-state index contributed by atoms with van der Waals surface area (Å²) in [6, 6.07) is 12.7. The van der Waals surface area contributed by atoms with E-state index >= 15 is 0 Å². The topological polar surface area (TPSA) is 86.8 Å². The Morgan fingerprint density at radius 1 is 1.29 bits per heavy atom. The standard InChI is InChI=1S/C24H34N6O/c1-4-18-9-11-19(12-10-18)16-29(3)24(26-2)28-15-20-7-5-13-27-23(20)30-14-6-8-21(17-30)22(25)31/h5,7,9-13,21H,4,6,8,14-17H2,1-3H3,(H2,25,31)(H,26,28). The molecule has 1 aliphatic rings. The van der Waals surface area contributed by atoms with Crippen molar-refractivity contribution in [2.45, 2.75) is 39.3 Å². The van der Waals surface area contributed by atoms with Crippen LogP contribution in [0.1, 0.15) is 36.5 Å². The fraction of sp³-hybridized carbons (Fsp3) is 0.458. The molecular weight excluding hydrogens is 388 g/mol. The van der Waals surface area contributed by atoms with Gasteiger partial charge in [0, 0.05) is 52.0 Å². The number of aryl methyl sites for hydroxylation is 1. The first kappa shape index (κ1) is 22.6. The van der Waals surface area contributed by atoms with Gasteiger partial charge in [0.1, 0.15) is 5.82 Å². The van der Waals surface area contributed by atoms with E-state index in [4.69, 9.17) is 5.73 Å². The summed E-state index contributed by atoms with van der Waals surface area (Å²) in [7, 11) is 3.83. The van der Waals surface area contributed by atoms with Gasteiger partial charge in [0.2, 0.25) is 5.91 Å². The molecule has 2 heterocycles. The zero-order valence-electron chi connectivity index (χ0n) is 18.8. The molecule has 1 amide bonds. The van der Waals surface area contributed by atoms with Crippen molar-refractivity contribution >= 4 is 17.7 Å². The van der Waals surface area contributed by atoms with E-state index in [2.05, 4.69) is 62.3 Å². The van der Waals surface area contributed by atoms with Gasteiger partial charge in [0.05, 0.1) is 5.92 Å². The van der Waals surface area contributed by atoms with Crippen LogP contribution < -0.4 is 16.0 Å². The van der Waals surface area contributed by atoms with Gasteiger partial charge in [-0.3, -0.25) is 9.79 Å². The number of piperidine rings is 1. The van der Waals surface area contributed by atoms with Gasteiger partial charge in [0.25, 0.3) is 0 Å². The van der Waals surface area contributed by atoms with Crippen LogP contribution in [0.15, 0.2) is 47.6 Å². The number of rotatable bonds is 7.